The zero-order valence-corrected chi connectivity index (χ0v) is 13.4. The largest absolute Gasteiger partial charge is 0.490 e. The molecule has 22 heavy (non-hydrogen) atoms. The molecule has 4 nitrogen and oxygen atoms in total. The van der Waals surface area contributed by atoms with E-state index in [9.17, 15) is 4.79 Å². The SMILES string of the molecule is C=CCOc1ccc(C(=O)NCCC2CCN(C)CC2)cc1. The van der Waals surface area contributed by atoms with Crippen LogP contribution in [0.15, 0.2) is 36.9 Å². The molecule has 1 saturated heterocycles. The molecular weight excluding hydrogens is 276 g/mol. The molecule has 0 unspecified atom stereocenters. The van der Waals surface area contributed by atoms with Crippen molar-refractivity contribution in [2.45, 2.75) is 19.3 Å². The van der Waals surface area contributed by atoms with Gasteiger partial charge in [-0.3, -0.25) is 4.79 Å². The zero-order chi connectivity index (χ0) is 15.8. The quantitative estimate of drug-likeness (QED) is 0.787. The molecule has 0 atom stereocenters. The minimum atomic E-state index is -0.0109. The zero-order valence-electron chi connectivity index (χ0n) is 13.4. The average molecular weight is 302 g/mol. The van der Waals surface area contributed by atoms with Crippen LogP contribution < -0.4 is 10.1 Å². The Morgan fingerprint density at radius 3 is 2.68 bits per heavy atom. The molecule has 1 aliphatic heterocycles. The predicted octanol–water partition coefficient (Wildman–Crippen LogP) is 2.71. The van der Waals surface area contributed by atoms with E-state index in [4.69, 9.17) is 4.74 Å². The van der Waals surface area contributed by atoms with Gasteiger partial charge in [0.25, 0.3) is 5.91 Å². The Morgan fingerprint density at radius 2 is 2.05 bits per heavy atom. The number of ether oxygens (including phenoxy) is 1. The van der Waals surface area contributed by atoms with Gasteiger partial charge in [-0.25, -0.2) is 0 Å². The maximum absolute atomic E-state index is 12.1. The Hall–Kier alpha value is -1.81. The number of rotatable bonds is 7. The molecule has 1 aliphatic rings. The summed E-state index contributed by atoms with van der Waals surface area (Å²) in [6.07, 6.45) is 5.24. The average Bonchev–Trinajstić information content (AvgIpc) is 2.55. The molecule has 1 fully saturated rings. The first-order valence-electron chi connectivity index (χ1n) is 7.99. The minimum Gasteiger partial charge on any atom is -0.490 e. The highest BCUT2D eigenvalue weighted by molar-refractivity contribution is 5.94. The summed E-state index contributed by atoms with van der Waals surface area (Å²) in [5, 5.41) is 3.01. The highest BCUT2D eigenvalue weighted by Gasteiger charge is 2.16. The monoisotopic (exact) mass is 302 g/mol. The van der Waals surface area contributed by atoms with Gasteiger partial charge < -0.3 is 15.0 Å². The first kappa shape index (κ1) is 16.6. The molecule has 0 aromatic heterocycles. The fourth-order valence-corrected chi connectivity index (χ4v) is 2.70. The van der Waals surface area contributed by atoms with Crippen molar-refractivity contribution in [3.63, 3.8) is 0 Å². The molecule has 1 aromatic carbocycles. The van der Waals surface area contributed by atoms with Gasteiger partial charge in [-0.1, -0.05) is 12.7 Å². The fraction of sp³-hybridized carbons (Fsp3) is 0.500. The summed E-state index contributed by atoms with van der Waals surface area (Å²) in [5.74, 6) is 1.48. The Bertz CT molecular complexity index is 476. The predicted molar refractivity (Wildman–Crippen MR) is 89.3 cm³/mol. The van der Waals surface area contributed by atoms with Crippen molar-refractivity contribution >= 4 is 5.91 Å². The highest BCUT2D eigenvalue weighted by atomic mass is 16.5. The fourth-order valence-electron chi connectivity index (χ4n) is 2.70. The summed E-state index contributed by atoms with van der Waals surface area (Å²) in [5.41, 5.74) is 0.675. The van der Waals surface area contributed by atoms with E-state index in [0.717, 1.165) is 24.6 Å². The van der Waals surface area contributed by atoms with Crippen LogP contribution in [0.1, 0.15) is 29.6 Å². The highest BCUT2D eigenvalue weighted by Crippen LogP contribution is 2.18. The van der Waals surface area contributed by atoms with Gasteiger partial charge in [0.1, 0.15) is 12.4 Å². The number of carbonyl (C=O) groups is 1. The van der Waals surface area contributed by atoms with E-state index in [2.05, 4.69) is 23.8 Å². The van der Waals surface area contributed by atoms with Crippen LogP contribution in [-0.2, 0) is 0 Å². The molecule has 1 heterocycles. The number of hydrogen-bond donors (Lipinski definition) is 1. The molecule has 1 N–H and O–H groups in total. The number of hydrogen-bond acceptors (Lipinski definition) is 3. The molecule has 2 rings (SSSR count). The van der Waals surface area contributed by atoms with Gasteiger partial charge >= 0.3 is 0 Å². The third-order valence-electron chi connectivity index (χ3n) is 4.16. The van der Waals surface area contributed by atoms with Crippen molar-refractivity contribution in [3.8, 4) is 5.75 Å². The van der Waals surface area contributed by atoms with Gasteiger partial charge in [0.05, 0.1) is 0 Å². The van der Waals surface area contributed by atoms with Gasteiger partial charge in [0.15, 0.2) is 0 Å². The van der Waals surface area contributed by atoms with E-state index in [1.54, 1.807) is 18.2 Å². The molecule has 4 heteroatoms. The van der Waals surface area contributed by atoms with Crippen LogP contribution in [0.2, 0.25) is 0 Å². The number of carbonyl (C=O) groups excluding carboxylic acids is 1. The molecule has 0 saturated carbocycles. The van der Waals surface area contributed by atoms with E-state index < -0.39 is 0 Å². The van der Waals surface area contributed by atoms with E-state index >= 15 is 0 Å². The van der Waals surface area contributed by atoms with Crippen molar-refractivity contribution < 1.29 is 9.53 Å². The smallest absolute Gasteiger partial charge is 0.251 e. The Labute approximate surface area is 133 Å². The van der Waals surface area contributed by atoms with Crippen LogP contribution in [0.25, 0.3) is 0 Å². The van der Waals surface area contributed by atoms with Crippen molar-refractivity contribution in [3.05, 3.63) is 42.5 Å². The summed E-state index contributed by atoms with van der Waals surface area (Å²) in [6.45, 7) is 7.18. The normalized spacial score (nSPS) is 16.2. The lowest BCUT2D eigenvalue weighted by Crippen LogP contribution is -2.32. The summed E-state index contributed by atoms with van der Waals surface area (Å²) >= 11 is 0. The van der Waals surface area contributed by atoms with Crippen molar-refractivity contribution in [1.82, 2.24) is 10.2 Å². The molecule has 1 aromatic rings. The van der Waals surface area contributed by atoms with Gasteiger partial charge in [0, 0.05) is 12.1 Å². The molecule has 0 aliphatic carbocycles. The van der Waals surface area contributed by atoms with Crippen LogP contribution in [-0.4, -0.2) is 44.1 Å². The van der Waals surface area contributed by atoms with Crippen molar-refractivity contribution in [1.29, 1.82) is 0 Å². The Balaban J connectivity index is 1.71. The lowest BCUT2D eigenvalue weighted by molar-refractivity contribution is 0.0949. The molecule has 1 amide bonds. The summed E-state index contributed by atoms with van der Waals surface area (Å²) in [7, 11) is 2.17. The second-order valence-electron chi connectivity index (χ2n) is 5.92. The number of amides is 1. The standard InChI is InChI=1S/C18H26N2O2/c1-3-14-22-17-6-4-16(5-7-17)18(21)19-11-8-15-9-12-20(2)13-10-15/h3-7,15H,1,8-14H2,2H3,(H,19,21). The second kappa shape index (κ2) is 8.59. The lowest BCUT2D eigenvalue weighted by atomic mass is 9.94. The topological polar surface area (TPSA) is 41.6 Å². The van der Waals surface area contributed by atoms with E-state index in [1.165, 1.54) is 25.9 Å². The van der Waals surface area contributed by atoms with E-state index in [1.807, 2.05) is 12.1 Å². The Morgan fingerprint density at radius 1 is 1.36 bits per heavy atom. The molecule has 120 valence electrons. The summed E-state index contributed by atoms with van der Waals surface area (Å²) in [6, 6.07) is 7.22. The summed E-state index contributed by atoms with van der Waals surface area (Å²) < 4.78 is 5.41. The van der Waals surface area contributed by atoms with Gasteiger partial charge in [-0.05, 0) is 69.6 Å². The van der Waals surface area contributed by atoms with Gasteiger partial charge in [0.2, 0.25) is 0 Å². The number of likely N-dealkylation sites (tertiary alicyclic amines) is 1. The van der Waals surface area contributed by atoms with Crippen LogP contribution in [0, 0.1) is 5.92 Å². The van der Waals surface area contributed by atoms with Crippen molar-refractivity contribution in [2.75, 3.05) is 33.3 Å². The third-order valence-corrected chi connectivity index (χ3v) is 4.16. The molecule has 0 bridgehead atoms. The summed E-state index contributed by atoms with van der Waals surface area (Å²) in [4.78, 5) is 14.5. The van der Waals surface area contributed by atoms with Crippen LogP contribution in [0.4, 0.5) is 0 Å². The minimum absolute atomic E-state index is 0.0109. The van der Waals surface area contributed by atoms with E-state index in [0.29, 0.717) is 12.2 Å². The molecule has 0 spiro atoms. The van der Waals surface area contributed by atoms with Crippen molar-refractivity contribution in [2.24, 2.45) is 5.92 Å². The third kappa shape index (κ3) is 5.19. The second-order valence-corrected chi connectivity index (χ2v) is 5.92. The lowest BCUT2D eigenvalue weighted by Gasteiger charge is -2.28. The number of nitrogens with one attached hydrogen (secondary N) is 1. The number of piperidine rings is 1. The number of nitrogens with zero attached hydrogens (tertiary/aromatic N) is 1. The maximum atomic E-state index is 12.1. The first-order chi connectivity index (χ1) is 10.7. The Kier molecular flexibility index (Phi) is 6.46. The molecule has 0 radical (unpaired) electrons. The van der Waals surface area contributed by atoms with Gasteiger partial charge in [-0.15, -0.1) is 0 Å². The van der Waals surface area contributed by atoms with Gasteiger partial charge in [-0.2, -0.15) is 0 Å². The first-order valence-corrected chi connectivity index (χ1v) is 7.99. The number of benzene rings is 1. The molecular formula is C18H26N2O2. The van der Waals surface area contributed by atoms with E-state index in [-0.39, 0.29) is 5.91 Å². The van der Waals surface area contributed by atoms with Crippen LogP contribution >= 0.6 is 0 Å². The maximum Gasteiger partial charge on any atom is 0.251 e. The van der Waals surface area contributed by atoms with Crippen LogP contribution in [0.5, 0.6) is 5.75 Å². The van der Waals surface area contributed by atoms with Crippen LogP contribution in [0.3, 0.4) is 0 Å².